The molecule has 8 heteroatoms. The maximum absolute atomic E-state index is 12.8. The Morgan fingerprint density at radius 2 is 0.976 bits per heavy atom. The lowest BCUT2D eigenvalue weighted by atomic mass is 9.97. The lowest BCUT2D eigenvalue weighted by molar-refractivity contribution is 0.101. The van der Waals surface area contributed by atoms with E-state index in [1.165, 1.54) is 33.8 Å². The minimum atomic E-state index is -0.279. The molecule has 5 rings (SSSR count). The van der Waals surface area contributed by atoms with Crippen LogP contribution < -0.4 is 10.6 Å². The van der Waals surface area contributed by atoms with E-state index in [0.717, 1.165) is 35.4 Å². The average molecular weight is 595 g/mol. The number of anilines is 2. The monoisotopic (exact) mass is 594 g/mol. The zero-order chi connectivity index (χ0) is 29.6. The minimum Gasteiger partial charge on any atom is -0.298 e. The molecule has 0 saturated heterocycles. The summed E-state index contributed by atoms with van der Waals surface area (Å²) in [5.41, 5.74) is 7.18. The zero-order valence-electron chi connectivity index (χ0n) is 24.2. The number of aromatic nitrogens is 2. The Bertz CT molecular complexity index is 1530. The third-order valence-corrected chi connectivity index (χ3v) is 9.15. The number of nitrogens with zero attached hydrogens (tertiary/aromatic N) is 2. The first kappa shape index (κ1) is 29.4. The number of carbonyl (C=O) groups excluding carboxylic acids is 2. The molecular formula is C34H34N4O2S2. The van der Waals surface area contributed by atoms with E-state index in [-0.39, 0.29) is 11.8 Å². The van der Waals surface area contributed by atoms with E-state index in [1.807, 2.05) is 10.8 Å². The molecule has 0 aliphatic carbocycles. The van der Waals surface area contributed by atoms with Crippen LogP contribution in [0.25, 0.3) is 22.5 Å². The highest BCUT2D eigenvalue weighted by molar-refractivity contribution is 7.14. The van der Waals surface area contributed by atoms with Crippen LogP contribution in [0.15, 0.2) is 83.6 Å². The van der Waals surface area contributed by atoms with Gasteiger partial charge in [0.05, 0.1) is 11.4 Å². The fourth-order valence-electron chi connectivity index (χ4n) is 4.48. The van der Waals surface area contributed by atoms with Gasteiger partial charge in [0.25, 0.3) is 11.8 Å². The molecule has 0 aliphatic heterocycles. The van der Waals surface area contributed by atoms with E-state index >= 15 is 0 Å². The van der Waals surface area contributed by atoms with Gasteiger partial charge >= 0.3 is 0 Å². The van der Waals surface area contributed by atoms with Gasteiger partial charge in [-0.1, -0.05) is 76.2 Å². The second-order valence-electron chi connectivity index (χ2n) is 10.4. The Labute approximate surface area is 254 Å². The molecule has 5 aromatic rings. The van der Waals surface area contributed by atoms with Gasteiger partial charge in [-0.3, -0.25) is 20.2 Å². The van der Waals surface area contributed by atoms with Gasteiger partial charge in [-0.25, -0.2) is 9.97 Å². The van der Waals surface area contributed by atoms with Crippen molar-refractivity contribution in [1.82, 2.24) is 9.97 Å². The summed E-state index contributed by atoms with van der Waals surface area (Å²) < 4.78 is 0. The van der Waals surface area contributed by atoms with Crippen LogP contribution in [0.3, 0.4) is 0 Å². The van der Waals surface area contributed by atoms with Crippen molar-refractivity contribution in [2.24, 2.45) is 0 Å². The van der Waals surface area contributed by atoms with Gasteiger partial charge in [0.2, 0.25) is 0 Å². The molecule has 2 unspecified atom stereocenters. The second-order valence-corrected chi connectivity index (χ2v) is 12.1. The first-order chi connectivity index (χ1) is 20.3. The molecule has 0 spiro atoms. The lowest BCUT2D eigenvalue weighted by Crippen LogP contribution is -2.14. The number of hydrogen-bond donors (Lipinski definition) is 2. The van der Waals surface area contributed by atoms with E-state index < -0.39 is 0 Å². The quantitative estimate of drug-likeness (QED) is 0.169. The van der Waals surface area contributed by atoms with Crippen molar-refractivity contribution in [2.75, 3.05) is 10.6 Å². The zero-order valence-corrected chi connectivity index (χ0v) is 25.8. The Hall–Kier alpha value is -4.14. The lowest BCUT2D eigenvalue weighted by Gasteiger charge is -2.09. The molecule has 0 bridgehead atoms. The van der Waals surface area contributed by atoms with E-state index in [0.29, 0.717) is 33.2 Å². The van der Waals surface area contributed by atoms with Crippen LogP contribution in [0.2, 0.25) is 0 Å². The summed E-state index contributed by atoms with van der Waals surface area (Å²) >= 11 is 2.76. The summed E-state index contributed by atoms with van der Waals surface area (Å²) in [5.74, 6) is 0.479. The van der Waals surface area contributed by atoms with E-state index in [2.05, 4.69) is 96.8 Å². The number of benzene rings is 3. The first-order valence-electron chi connectivity index (χ1n) is 14.2. The van der Waals surface area contributed by atoms with Gasteiger partial charge in [-0.05, 0) is 60.1 Å². The van der Waals surface area contributed by atoms with Crippen LogP contribution in [0, 0.1) is 0 Å². The van der Waals surface area contributed by atoms with Gasteiger partial charge in [-0.15, -0.1) is 22.7 Å². The largest absolute Gasteiger partial charge is 0.298 e. The van der Waals surface area contributed by atoms with Crippen molar-refractivity contribution in [3.63, 3.8) is 0 Å². The second kappa shape index (κ2) is 13.2. The first-order valence-corrected chi connectivity index (χ1v) is 15.9. The highest BCUT2D eigenvalue weighted by Gasteiger charge is 2.14. The number of nitrogens with one attached hydrogen (secondary N) is 2. The molecule has 0 fully saturated rings. The molecule has 2 amide bonds. The molecule has 0 saturated carbocycles. The van der Waals surface area contributed by atoms with Crippen LogP contribution in [0.1, 0.15) is 84.2 Å². The highest BCUT2D eigenvalue weighted by atomic mass is 32.1. The predicted octanol–water partition coefficient (Wildman–Crippen LogP) is 9.47. The van der Waals surface area contributed by atoms with Crippen molar-refractivity contribution in [1.29, 1.82) is 0 Å². The number of thiazole rings is 2. The smallest absolute Gasteiger partial charge is 0.257 e. The average Bonchev–Trinajstić information content (AvgIpc) is 3.70. The van der Waals surface area contributed by atoms with E-state index in [9.17, 15) is 9.59 Å². The van der Waals surface area contributed by atoms with Crippen LogP contribution >= 0.6 is 22.7 Å². The van der Waals surface area contributed by atoms with Gasteiger partial charge in [-0.2, -0.15) is 0 Å². The van der Waals surface area contributed by atoms with Crippen molar-refractivity contribution < 1.29 is 9.59 Å². The fourth-order valence-corrected chi connectivity index (χ4v) is 5.90. The molecule has 3 aromatic carbocycles. The van der Waals surface area contributed by atoms with Crippen LogP contribution in [0.5, 0.6) is 0 Å². The maximum atomic E-state index is 12.8. The Kier molecular flexibility index (Phi) is 9.25. The van der Waals surface area contributed by atoms with Crippen LogP contribution in [0.4, 0.5) is 10.3 Å². The number of rotatable bonds is 10. The SMILES string of the molecule is CCC(C)c1ccc(-c2csc(NC(=O)c3ccc(C(=O)Nc4nc(-c5ccc(C(C)CC)cc5)cs4)cc3)n2)cc1. The molecule has 2 atom stereocenters. The van der Waals surface area contributed by atoms with E-state index in [4.69, 9.17) is 0 Å². The predicted molar refractivity (Wildman–Crippen MR) is 175 cm³/mol. The van der Waals surface area contributed by atoms with Crippen molar-refractivity contribution in [3.05, 3.63) is 106 Å². The molecule has 0 aliphatic rings. The molecule has 2 N–H and O–H groups in total. The summed E-state index contributed by atoms with van der Waals surface area (Å²) in [6, 6.07) is 23.4. The van der Waals surface area contributed by atoms with Gasteiger partial charge < -0.3 is 0 Å². The summed E-state index contributed by atoms with van der Waals surface area (Å²) in [5, 5.41) is 10.7. The third kappa shape index (κ3) is 6.83. The molecule has 2 heterocycles. The number of carbonyl (C=O) groups is 2. The molecule has 214 valence electrons. The Morgan fingerprint density at radius 1 is 0.619 bits per heavy atom. The molecule has 2 aromatic heterocycles. The van der Waals surface area contributed by atoms with Crippen molar-refractivity contribution in [3.8, 4) is 22.5 Å². The summed E-state index contributed by atoms with van der Waals surface area (Å²) in [7, 11) is 0. The summed E-state index contributed by atoms with van der Waals surface area (Å²) in [6.07, 6.45) is 2.19. The fraction of sp³-hybridized carbons (Fsp3) is 0.235. The standard InChI is InChI=1S/C34H34N4O2S2/c1-5-21(3)23-7-11-25(12-8-23)29-19-41-33(35-29)37-31(39)27-15-17-28(18-16-27)32(40)38-34-36-30(20-42-34)26-13-9-24(10-14-26)22(4)6-2/h7-22H,5-6H2,1-4H3,(H,35,37,39)(H,36,38,40). The summed E-state index contributed by atoms with van der Waals surface area (Å²) in [6.45, 7) is 8.80. The minimum absolute atomic E-state index is 0.279. The van der Waals surface area contributed by atoms with Gasteiger partial charge in [0.15, 0.2) is 10.3 Å². The molecule has 0 radical (unpaired) electrons. The normalized spacial score (nSPS) is 12.5. The Balaban J connectivity index is 1.17. The Morgan fingerprint density at radius 3 is 1.31 bits per heavy atom. The van der Waals surface area contributed by atoms with Crippen LogP contribution in [-0.4, -0.2) is 21.8 Å². The van der Waals surface area contributed by atoms with Gasteiger partial charge in [0, 0.05) is 33.0 Å². The molecule has 42 heavy (non-hydrogen) atoms. The van der Waals surface area contributed by atoms with Crippen molar-refractivity contribution in [2.45, 2.75) is 52.4 Å². The summed E-state index contributed by atoms with van der Waals surface area (Å²) in [4.78, 5) is 34.9. The van der Waals surface area contributed by atoms with Crippen LogP contribution in [-0.2, 0) is 0 Å². The number of amides is 2. The van der Waals surface area contributed by atoms with Crippen molar-refractivity contribution >= 4 is 44.8 Å². The highest BCUT2D eigenvalue weighted by Crippen LogP contribution is 2.29. The van der Waals surface area contributed by atoms with E-state index in [1.54, 1.807) is 24.3 Å². The molecular weight excluding hydrogens is 561 g/mol. The topological polar surface area (TPSA) is 84.0 Å². The number of hydrogen-bond acceptors (Lipinski definition) is 6. The van der Waals surface area contributed by atoms with Gasteiger partial charge in [0.1, 0.15) is 0 Å². The third-order valence-electron chi connectivity index (χ3n) is 7.63. The maximum Gasteiger partial charge on any atom is 0.257 e. The molecule has 6 nitrogen and oxygen atoms in total.